The lowest BCUT2D eigenvalue weighted by Crippen LogP contribution is -2.22. The van der Waals surface area contributed by atoms with Crippen molar-refractivity contribution in [1.82, 2.24) is 4.98 Å². The molecular formula is C9H11BrFNO. The maximum Gasteiger partial charge on any atom is 0.152 e. The van der Waals surface area contributed by atoms with Crippen LogP contribution in [0.5, 0.6) is 5.75 Å². The van der Waals surface area contributed by atoms with Crippen molar-refractivity contribution in [3.8, 4) is 5.75 Å². The molecular weight excluding hydrogens is 237 g/mol. The van der Waals surface area contributed by atoms with Gasteiger partial charge < -0.3 is 4.74 Å². The molecule has 72 valence electrons. The summed E-state index contributed by atoms with van der Waals surface area (Å²) in [5.74, 6) is 0.563. The third kappa shape index (κ3) is 3.72. The Morgan fingerprint density at radius 2 is 2.31 bits per heavy atom. The van der Waals surface area contributed by atoms with Crippen LogP contribution in [-0.4, -0.2) is 17.3 Å². The lowest BCUT2D eigenvalue weighted by atomic mass is 10.2. The summed E-state index contributed by atoms with van der Waals surface area (Å²) in [6.45, 7) is 2.96. The molecule has 1 aromatic heterocycles. The molecule has 0 aromatic carbocycles. The fourth-order valence-electron chi connectivity index (χ4n) is 0.728. The van der Waals surface area contributed by atoms with Crippen LogP contribution >= 0.6 is 15.9 Å². The number of rotatable bonds is 3. The molecule has 1 aromatic rings. The van der Waals surface area contributed by atoms with Crippen molar-refractivity contribution in [3.05, 3.63) is 22.9 Å². The first-order valence-corrected chi connectivity index (χ1v) is 4.70. The van der Waals surface area contributed by atoms with Gasteiger partial charge in [-0.25, -0.2) is 9.37 Å². The highest BCUT2D eigenvalue weighted by molar-refractivity contribution is 9.10. The van der Waals surface area contributed by atoms with E-state index in [0.29, 0.717) is 10.4 Å². The fraction of sp³-hybridized carbons (Fsp3) is 0.444. The molecule has 0 fully saturated rings. The first kappa shape index (κ1) is 10.4. The smallest absolute Gasteiger partial charge is 0.152 e. The van der Waals surface area contributed by atoms with Gasteiger partial charge in [0.05, 0.1) is 0 Å². The molecule has 0 atom stereocenters. The van der Waals surface area contributed by atoms with Gasteiger partial charge in [-0.15, -0.1) is 0 Å². The number of pyridine rings is 1. The predicted octanol–water partition coefficient (Wildman–Crippen LogP) is 2.97. The quantitative estimate of drug-likeness (QED) is 0.767. The zero-order chi connectivity index (χ0) is 9.90. The van der Waals surface area contributed by atoms with Crippen LogP contribution in [0.2, 0.25) is 0 Å². The highest BCUT2D eigenvalue weighted by atomic mass is 79.9. The van der Waals surface area contributed by atoms with Crippen molar-refractivity contribution in [2.24, 2.45) is 0 Å². The molecule has 2 nitrogen and oxygen atoms in total. The molecule has 0 N–H and O–H groups in total. The van der Waals surface area contributed by atoms with Gasteiger partial charge in [0.1, 0.15) is 16.9 Å². The van der Waals surface area contributed by atoms with E-state index in [0.717, 1.165) is 0 Å². The predicted molar refractivity (Wildman–Crippen MR) is 52.6 cm³/mol. The van der Waals surface area contributed by atoms with E-state index in [-0.39, 0.29) is 6.61 Å². The number of nitrogens with zero attached hydrogens (tertiary/aromatic N) is 1. The molecule has 0 radical (unpaired) electrons. The molecule has 1 heterocycles. The van der Waals surface area contributed by atoms with Gasteiger partial charge in [0.15, 0.2) is 5.75 Å². The summed E-state index contributed by atoms with van der Waals surface area (Å²) < 4.78 is 18.9. The maximum absolute atomic E-state index is 13.0. The van der Waals surface area contributed by atoms with Crippen molar-refractivity contribution in [2.75, 3.05) is 6.61 Å². The second kappa shape index (κ2) is 4.05. The Hall–Kier alpha value is -0.640. The highest BCUT2D eigenvalue weighted by Gasteiger charge is 2.16. The van der Waals surface area contributed by atoms with Crippen molar-refractivity contribution in [2.45, 2.75) is 19.5 Å². The minimum absolute atomic E-state index is 0.0251. The standard InChI is InChI=1S/C9H11BrFNO/c1-9(2,11)6-13-7-4-3-5-12-8(7)10/h3-5H,6H2,1-2H3. The Labute approximate surface area is 85.3 Å². The van der Waals surface area contributed by atoms with Gasteiger partial charge in [0.25, 0.3) is 0 Å². The molecule has 0 bridgehead atoms. The van der Waals surface area contributed by atoms with Crippen molar-refractivity contribution < 1.29 is 9.13 Å². The van der Waals surface area contributed by atoms with E-state index >= 15 is 0 Å². The van der Waals surface area contributed by atoms with Crippen LogP contribution < -0.4 is 4.74 Å². The molecule has 0 amide bonds. The second-order valence-corrected chi connectivity index (χ2v) is 4.05. The largest absolute Gasteiger partial charge is 0.487 e. The Morgan fingerprint density at radius 3 is 2.85 bits per heavy atom. The van der Waals surface area contributed by atoms with Crippen molar-refractivity contribution >= 4 is 15.9 Å². The number of hydrogen-bond acceptors (Lipinski definition) is 2. The second-order valence-electron chi connectivity index (χ2n) is 3.30. The normalized spacial score (nSPS) is 11.4. The zero-order valence-corrected chi connectivity index (χ0v) is 9.14. The van der Waals surface area contributed by atoms with Crippen LogP contribution in [0.4, 0.5) is 4.39 Å². The van der Waals surface area contributed by atoms with Gasteiger partial charge in [-0.3, -0.25) is 0 Å². The maximum atomic E-state index is 13.0. The number of aromatic nitrogens is 1. The van der Waals surface area contributed by atoms with Crippen LogP contribution in [0.15, 0.2) is 22.9 Å². The Bertz CT molecular complexity index is 285. The minimum Gasteiger partial charge on any atom is -0.487 e. The average molecular weight is 248 g/mol. The molecule has 0 saturated heterocycles. The molecule has 0 aliphatic carbocycles. The van der Waals surface area contributed by atoms with E-state index in [1.165, 1.54) is 13.8 Å². The molecule has 0 aliphatic heterocycles. The summed E-state index contributed by atoms with van der Waals surface area (Å²) in [6.07, 6.45) is 1.64. The van der Waals surface area contributed by atoms with Crippen LogP contribution in [0, 0.1) is 0 Å². The first-order valence-electron chi connectivity index (χ1n) is 3.91. The van der Waals surface area contributed by atoms with Crippen LogP contribution in [0.3, 0.4) is 0 Å². The minimum atomic E-state index is -1.32. The molecule has 0 spiro atoms. The number of alkyl halides is 1. The van der Waals surface area contributed by atoms with Gasteiger partial charge in [0.2, 0.25) is 0 Å². The molecule has 0 unspecified atom stereocenters. The Morgan fingerprint density at radius 1 is 1.62 bits per heavy atom. The van der Waals surface area contributed by atoms with Gasteiger partial charge in [-0.1, -0.05) is 0 Å². The lowest BCUT2D eigenvalue weighted by molar-refractivity contribution is 0.120. The monoisotopic (exact) mass is 247 g/mol. The molecule has 4 heteroatoms. The summed E-state index contributed by atoms with van der Waals surface area (Å²) in [4.78, 5) is 3.95. The SMILES string of the molecule is CC(C)(F)COc1cccnc1Br. The van der Waals surface area contributed by atoms with E-state index in [9.17, 15) is 4.39 Å². The van der Waals surface area contributed by atoms with Gasteiger partial charge in [0, 0.05) is 6.20 Å². The van der Waals surface area contributed by atoms with Crippen LogP contribution in [0.1, 0.15) is 13.8 Å². The van der Waals surface area contributed by atoms with Gasteiger partial charge >= 0.3 is 0 Å². The third-order valence-corrected chi connectivity index (χ3v) is 1.89. The third-order valence-electron chi connectivity index (χ3n) is 1.30. The van der Waals surface area contributed by atoms with Gasteiger partial charge in [-0.05, 0) is 41.9 Å². The number of hydrogen-bond donors (Lipinski definition) is 0. The van der Waals surface area contributed by atoms with Crippen molar-refractivity contribution in [3.63, 3.8) is 0 Å². The van der Waals surface area contributed by atoms with E-state index in [1.807, 2.05) is 0 Å². The fourth-order valence-corrected chi connectivity index (χ4v) is 1.09. The summed E-state index contributed by atoms with van der Waals surface area (Å²) >= 11 is 3.21. The van der Waals surface area contributed by atoms with E-state index < -0.39 is 5.67 Å². The topological polar surface area (TPSA) is 22.1 Å². The Balaban J connectivity index is 2.60. The lowest BCUT2D eigenvalue weighted by Gasteiger charge is -2.15. The number of ether oxygens (including phenoxy) is 1. The van der Waals surface area contributed by atoms with E-state index in [1.54, 1.807) is 18.3 Å². The Kier molecular flexibility index (Phi) is 3.25. The van der Waals surface area contributed by atoms with Crippen LogP contribution in [-0.2, 0) is 0 Å². The molecule has 0 saturated carbocycles. The summed E-state index contributed by atoms with van der Waals surface area (Å²) in [5.41, 5.74) is -1.32. The highest BCUT2D eigenvalue weighted by Crippen LogP contribution is 2.22. The molecule has 13 heavy (non-hydrogen) atoms. The van der Waals surface area contributed by atoms with Crippen LogP contribution in [0.25, 0.3) is 0 Å². The summed E-state index contributed by atoms with van der Waals surface area (Å²) in [6, 6.07) is 3.48. The van der Waals surface area contributed by atoms with Crippen molar-refractivity contribution in [1.29, 1.82) is 0 Å². The zero-order valence-electron chi connectivity index (χ0n) is 7.55. The summed E-state index contributed by atoms with van der Waals surface area (Å²) in [5, 5.41) is 0. The molecule has 0 aliphatic rings. The van der Waals surface area contributed by atoms with Gasteiger partial charge in [-0.2, -0.15) is 0 Å². The first-order chi connectivity index (χ1) is 5.99. The van der Waals surface area contributed by atoms with E-state index in [2.05, 4.69) is 20.9 Å². The number of halogens is 2. The summed E-state index contributed by atoms with van der Waals surface area (Å²) in [7, 11) is 0. The average Bonchev–Trinajstić information content (AvgIpc) is 2.01. The molecule has 1 rings (SSSR count). The van der Waals surface area contributed by atoms with E-state index in [4.69, 9.17) is 4.74 Å².